The molecule has 0 fully saturated rings. The number of amides is 1. The molecule has 2 rings (SSSR count). The van der Waals surface area contributed by atoms with E-state index < -0.39 is 12.1 Å². The molecule has 10 N–H and O–H groups in total. The molecule has 1 aromatic rings. The summed E-state index contributed by atoms with van der Waals surface area (Å²) >= 11 is 5.92. The zero-order valence-electron chi connectivity index (χ0n) is 13.2. The molecule has 0 bridgehead atoms. The van der Waals surface area contributed by atoms with Crippen LogP contribution in [0.5, 0.6) is 0 Å². The first-order chi connectivity index (χ1) is 11.3. The maximum atomic E-state index is 11.4. The number of aliphatic imine (C=N–C) groups is 2. The predicted octanol–water partition coefficient (Wildman–Crippen LogP) is -0.601. The van der Waals surface area contributed by atoms with Crippen LogP contribution in [0.2, 0.25) is 0 Å². The highest BCUT2D eigenvalue weighted by atomic mass is 35.5. The van der Waals surface area contributed by atoms with E-state index in [-0.39, 0.29) is 35.1 Å². The Morgan fingerprint density at radius 1 is 1.24 bits per heavy atom. The molecule has 1 amide bonds. The van der Waals surface area contributed by atoms with Gasteiger partial charge >= 0.3 is 0 Å². The third-order valence-corrected chi connectivity index (χ3v) is 3.69. The number of hydrogen-bond donors (Lipinski definition) is 5. The normalized spacial score (nSPS) is 17.8. The van der Waals surface area contributed by atoms with Crippen molar-refractivity contribution in [2.45, 2.75) is 12.6 Å². The summed E-state index contributed by atoms with van der Waals surface area (Å²) in [4.78, 5) is 20.6. The smallest absolute Gasteiger partial charge is 0.271 e. The van der Waals surface area contributed by atoms with Crippen molar-refractivity contribution in [2.24, 2.45) is 32.9 Å². The highest BCUT2D eigenvalue weighted by Gasteiger charge is 2.31. The monoisotopic (exact) mass is 386 g/mol. The molecule has 0 aliphatic carbocycles. The summed E-state index contributed by atoms with van der Waals surface area (Å²) in [5.74, 6) is -0.910. The van der Waals surface area contributed by atoms with Gasteiger partial charge in [-0.2, -0.15) is 0 Å². The summed E-state index contributed by atoms with van der Waals surface area (Å²) in [6, 6.07) is 7.41. The number of carbonyl (C=O) groups is 1. The molecule has 1 unspecified atom stereocenters. The molecule has 25 heavy (non-hydrogen) atoms. The summed E-state index contributed by atoms with van der Waals surface area (Å²) in [7, 11) is 0. The number of carbonyl (C=O) groups excluding carboxylic acids is 1. The average molecular weight is 387 g/mol. The number of benzene rings is 1. The van der Waals surface area contributed by atoms with E-state index in [0.29, 0.717) is 18.7 Å². The van der Waals surface area contributed by atoms with E-state index in [2.05, 4.69) is 9.98 Å². The summed E-state index contributed by atoms with van der Waals surface area (Å²) in [5.41, 5.74) is 30.1. The van der Waals surface area contributed by atoms with Gasteiger partial charge in [0, 0.05) is 12.2 Å². The second-order valence-corrected chi connectivity index (χ2v) is 5.47. The SMILES string of the molecule is Cl.NC(=O)C1=C(N)N(C(N)=NCCc2ccc(N)cc2)C(N)C(Cl)=N1. The number of guanidine groups is 1. The Morgan fingerprint density at radius 2 is 1.84 bits per heavy atom. The highest BCUT2D eigenvalue weighted by molar-refractivity contribution is 6.67. The Hall–Kier alpha value is -2.49. The second kappa shape index (κ2) is 8.56. The molecule has 0 saturated heterocycles. The van der Waals surface area contributed by atoms with Crippen molar-refractivity contribution in [3.05, 3.63) is 41.3 Å². The van der Waals surface area contributed by atoms with Crippen molar-refractivity contribution in [2.75, 3.05) is 12.3 Å². The number of hydrogen-bond acceptors (Lipinski definition) is 6. The molecule has 1 aliphatic heterocycles. The van der Waals surface area contributed by atoms with Crippen LogP contribution in [-0.4, -0.2) is 34.6 Å². The fourth-order valence-electron chi connectivity index (χ4n) is 2.11. The molecule has 1 atom stereocenters. The van der Waals surface area contributed by atoms with Crippen molar-refractivity contribution >= 4 is 46.7 Å². The summed E-state index contributed by atoms with van der Waals surface area (Å²) in [5, 5.41) is -0.0605. The van der Waals surface area contributed by atoms with Gasteiger partial charge in [0.15, 0.2) is 11.7 Å². The predicted molar refractivity (Wildman–Crippen MR) is 102 cm³/mol. The Labute approximate surface area is 156 Å². The number of primary amides is 1. The molecule has 1 heterocycles. The minimum atomic E-state index is -0.935. The average Bonchev–Trinajstić information content (AvgIpc) is 2.52. The third-order valence-electron chi connectivity index (χ3n) is 3.38. The first-order valence-corrected chi connectivity index (χ1v) is 7.42. The second-order valence-electron chi connectivity index (χ2n) is 5.08. The number of rotatable bonds is 4. The minimum absolute atomic E-state index is 0. The Bertz CT molecular complexity index is 729. The first-order valence-electron chi connectivity index (χ1n) is 7.04. The van der Waals surface area contributed by atoms with Crippen LogP contribution in [0.1, 0.15) is 5.56 Å². The van der Waals surface area contributed by atoms with Crippen LogP contribution in [0.25, 0.3) is 0 Å². The fraction of sp³-hybridized carbons (Fsp3) is 0.214. The maximum Gasteiger partial charge on any atom is 0.271 e. The van der Waals surface area contributed by atoms with E-state index in [1.807, 2.05) is 12.1 Å². The lowest BCUT2D eigenvalue weighted by molar-refractivity contribution is -0.114. The standard InChI is InChI=1S/C14H19ClN8O.ClH/c15-10-12(18)23(11(17)9(22-10)13(19)24)14(20)21-6-5-7-1-3-8(16)4-2-7;/h1-4,12H,5-6,16-18H2,(H2,19,24)(H2,20,21);1H. The maximum absolute atomic E-state index is 11.4. The van der Waals surface area contributed by atoms with Crippen molar-refractivity contribution < 1.29 is 4.79 Å². The van der Waals surface area contributed by atoms with E-state index >= 15 is 0 Å². The van der Waals surface area contributed by atoms with E-state index in [1.165, 1.54) is 4.90 Å². The topological polar surface area (TPSA) is 175 Å². The molecule has 11 heteroatoms. The van der Waals surface area contributed by atoms with Gasteiger partial charge in [0.2, 0.25) is 0 Å². The van der Waals surface area contributed by atoms with E-state index in [4.69, 9.17) is 40.3 Å². The van der Waals surface area contributed by atoms with Gasteiger partial charge in [-0.15, -0.1) is 12.4 Å². The van der Waals surface area contributed by atoms with Gasteiger partial charge in [0.25, 0.3) is 5.91 Å². The van der Waals surface area contributed by atoms with Crippen LogP contribution < -0.4 is 28.7 Å². The zero-order chi connectivity index (χ0) is 17.9. The number of halogens is 2. The lowest BCUT2D eigenvalue weighted by Crippen LogP contribution is -2.56. The van der Waals surface area contributed by atoms with Gasteiger partial charge < -0.3 is 28.7 Å². The lowest BCUT2D eigenvalue weighted by Gasteiger charge is -2.32. The molecular formula is C14H20Cl2N8O. The minimum Gasteiger partial charge on any atom is -0.399 e. The van der Waals surface area contributed by atoms with Gasteiger partial charge in [-0.3, -0.25) is 14.7 Å². The molecule has 1 aromatic carbocycles. The molecule has 136 valence electrons. The molecule has 0 spiro atoms. The van der Waals surface area contributed by atoms with Crippen molar-refractivity contribution in [3.63, 3.8) is 0 Å². The Kier molecular flexibility index (Phi) is 7.04. The number of nitrogens with two attached hydrogens (primary N) is 5. The summed E-state index contributed by atoms with van der Waals surface area (Å²) in [6.45, 7) is 0.382. The first kappa shape index (κ1) is 20.6. The van der Waals surface area contributed by atoms with E-state index in [0.717, 1.165) is 5.56 Å². The molecule has 9 nitrogen and oxygen atoms in total. The van der Waals surface area contributed by atoms with Gasteiger partial charge in [0.1, 0.15) is 17.2 Å². The largest absolute Gasteiger partial charge is 0.399 e. The lowest BCUT2D eigenvalue weighted by atomic mass is 10.1. The van der Waals surface area contributed by atoms with Crippen LogP contribution in [0, 0.1) is 0 Å². The third kappa shape index (κ3) is 4.75. The zero-order valence-corrected chi connectivity index (χ0v) is 14.8. The number of anilines is 1. The van der Waals surface area contributed by atoms with Crippen LogP contribution in [0.3, 0.4) is 0 Å². The van der Waals surface area contributed by atoms with Crippen LogP contribution in [0.4, 0.5) is 5.69 Å². The molecule has 0 saturated carbocycles. The Morgan fingerprint density at radius 3 is 2.40 bits per heavy atom. The summed E-state index contributed by atoms with van der Waals surface area (Å²) in [6.07, 6.45) is -0.298. The van der Waals surface area contributed by atoms with Crippen LogP contribution >= 0.6 is 24.0 Å². The molecule has 0 radical (unpaired) electrons. The van der Waals surface area contributed by atoms with Gasteiger partial charge in [0.05, 0.1) is 0 Å². The van der Waals surface area contributed by atoms with Crippen molar-refractivity contribution in [1.29, 1.82) is 0 Å². The molecule has 0 aromatic heterocycles. The van der Waals surface area contributed by atoms with Crippen LogP contribution in [0.15, 0.2) is 45.8 Å². The molecular weight excluding hydrogens is 367 g/mol. The van der Waals surface area contributed by atoms with Gasteiger partial charge in [-0.05, 0) is 24.1 Å². The van der Waals surface area contributed by atoms with E-state index in [1.54, 1.807) is 12.1 Å². The van der Waals surface area contributed by atoms with Crippen molar-refractivity contribution in [3.8, 4) is 0 Å². The summed E-state index contributed by atoms with van der Waals surface area (Å²) < 4.78 is 0. The number of nitrogen functional groups attached to an aromatic ring is 1. The highest BCUT2D eigenvalue weighted by Crippen LogP contribution is 2.18. The van der Waals surface area contributed by atoms with Crippen molar-refractivity contribution in [1.82, 2.24) is 4.90 Å². The van der Waals surface area contributed by atoms with Crippen LogP contribution in [-0.2, 0) is 11.2 Å². The van der Waals surface area contributed by atoms with E-state index in [9.17, 15) is 4.79 Å². The fourth-order valence-corrected chi connectivity index (χ4v) is 2.29. The van der Waals surface area contributed by atoms with Gasteiger partial charge in [-0.1, -0.05) is 23.7 Å². The Balaban J connectivity index is 0.00000312. The quantitative estimate of drug-likeness (QED) is 0.262. The molecule has 1 aliphatic rings. The number of nitrogens with zero attached hydrogens (tertiary/aromatic N) is 3. The van der Waals surface area contributed by atoms with Gasteiger partial charge in [-0.25, -0.2) is 4.99 Å².